The second-order valence-corrected chi connectivity index (χ2v) is 5.17. The van der Waals surface area contributed by atoms with Crippen LogP contribution in [0.1, 0.15) is 0 Å². The molecule has 8 heteroatoms. The van der Waals surface area contributed by atoms with Crippen LogP contribution < -0.4 is 9.92 Å². The Morgan fingerprint density at radius 2 is 1.95 bits per heavy atom. The summed E-state index contributed by atoms with van der Waals surface area (Å²) in [5.41, 5.74) is 7.21. The quantitative estimate of drug-likeness (QED) is 0.590. The fourth-order valence-electron chi connectivity index (χ4n) is 1.88. The van der Waals surface area contributed by atoms with E-state index < -0.39 is 10.5 Å². The number of halogens is 1. The van der Waals surface area contributed by atoms with Crippen LogP contribution in [0.3, 0.4) is 0 Å². The molecule has 0 amide bonds. The highest BCUT2D eigenvalue weighted by Gasteiger charge is 2.18. The summed E-state index contributed by atoms with van der Waals surface area (Å²) in [7, 11) is -5.16. The molecular weight excluding hydrogens is 299 g/mol. The van der Waals surface area contributed by atoms with E-state index in [4.69, 9.17) is 10.2 Å². The molecule has 6 nitrogen and oxygen atoms in total. The minimum absolute atomic E-state index is 0.0853. The van der Waals surface area contributed by atoms with Crippen LogP contribution in [-0.4, -0.2) is 13.4 Å². The molecule has 1 heterocycles. The fourth-order valence-corrected chi connectivity index (χ4v) is 2.24. The number of hydrogen-bond donors (Lipinski definition) is 1. The summed E-state index contributed by atoms with van der Waals surface area (Å²) >= 11 is 0. The Balaban J connectivity index is 2.18. The third-order valence-electron chi connectivity index (χ3n) is 2.72. The number of nitrogens with two attached hydrogens (primary N) is 1. The first-order valence-corrected chi connectivity index (χ1v) is 7.13. The van der Waals surface area contributed by atoms with Gasteiger partial charge in [-0.15, -0.1) is 0 Å². The van der Waals surface area contributed by atoms with E-state index in [1.54, 1.807) is 24.3 Å². The summed E-state index contributed by atoms with van der Waals surface area (Å²) in [5.74, 6) is -0.166. The molecule has 0 aliphatic rings. The highest BCUT2D eigenvalue weighted by Crippen LogP contribution is 2.34. The predicted molar refractivity (Wildman–Crippen MR) is 74.5 cm³/mol. The van der Waals surface area contributed by atoms with Gasteiger partial charge in [0.05, 0.1) is 5.56 Å². The van der Waals surface area contributed by atoms with Crippen LogP contribution in [0.5, 0.6) is 5.75 Å². The molecule has 3 rings (SSSR count). The monoisotopic (exact) mass is 308 g/mol. The topological polar surface area (TPSA) is 95.4 Å². The third-order valence-corrected chi connectivity index (χ3v) is 3.10. The number of hydrogen-bond acceptors (Lipinski definition) is 6. The lowest BCUT2D eigenvalue weighted by molar-refractivity contribution is 0.440. The van der Waals surface area contributed by atoms with Crippen molar-refractivity contribution in [1.29, 1.82) is 0 Å². The second kappa shape index (κ2) is 4.74. The average Bonchev–Trinajstić information content (AvgIpc) is 2.83. The summed E-state index contributed by atoms with van der Waals surface area (Å²) in [4.78, 5) is 4.20. The number of rotatable bonds is 3. The first-order valence-electron chi connectivity index (χ1n) is 5.82. The number of aromatic nitrogens is 1. The smallest absolute Gasteiger partial charge is 0.436 e. The molecule has 0 radical (unpaired) electrons. The fraction of sp³-hybridized carbons (Fsp3) is 0. The van der Waals surface area contributed by atoms with E-state index in [0.29, 0.717) is 16.8 Å². The molecule has 0 saturated heterocycles. The normalized spacial score (nSPS) is 11.7. The van der Waals surface area contributed by atoms with Crippen LogP contribution in [0, 0.1) is 0 Å². The van der Waals surface area contributed by atoms with Crippen LogP contribution in [0.4, 0.5) is 9.57 Å². The Bertz CT molecular complexity index is 888. The summed E-state index contributed by atoms with van der Waals surface area (Å²) in [6.45, 7) is 0. The van der Waals surface area contributed by atoms with Gasteiger partial charge >= 0.3 is 10.5 Å². The van der Waals surface area contributed by atoms with E-state index in [1.165, 1.54) is 18.2 Å². The van der Waals surface area contributed by atoms with Crippen molar-refractivity contribution in [3.05, 3.63) is 42.5 Å². The number of nitrogen functional groups attached to an aromatic ring is 1. The van der Waals surface area contributed by atoms with E-state index >= 15 is 0 Å². The lowest BCUT2D eigenvalue weighted by atomic mass is 10.2. The summed E-state index contributed by atoms with van der Waals surface area (Å²) in [6.07, 6.45) is 0. The third kappa shape index (κ3) is 2.79. The summed E-state index contributed by atoms with van der Waals surface area (Å²) < 4.78 is 43.9. The van der Waals surface area contributed by atoms with Crippen molar-refractivity contribution in [3.63, 3.8) is 0 Å². The van der Waals surface area contributed by atoms with E-state index in [0.717, 1.165) is 0 Å². The minimum atomic E-state index is -5.16. The van der Waals surface area contributed by atoms with Gasteiger partial charge in [-0.05, 0) is 30.3 Å². The van der Waals surface area contributed by atoms with Crippen molar-refractivity contribution >= 4 is 27.3 Å². The molecule has 108 valence electrons. The van der Waals surface area contributed by atoms with Crippen molar-refractivity contribution in [2.75, 3.05) is 5.73 Å². The molecule has 0 unspecified atom stereocenters. The van der Waals surface area contributed by atoms with Crippen molar-refractivity contribution in [2.24, 2.45) is 0 Å². The maximum atomic E-state index is 12.7. The maximum absolute atomic E-state index is 12.7. The molecule has 0 spiro atoms. The molecule has 3 aromatic rings. The lowest BCUT2D eigenvalue weighted by Crippen LogP contribution is -2.03. The molecule has 0 aliphatic heterocycles. The molecule has 1 aromatic heterocycles. The standard InChI is InChI=1S/C13H9FN2O4S/c14-21(17,18)20-11-6-5-8(15)7-9(11)13-16-10-3-1-2-4-12(10)19-13/h1-7H,15H2. The summed E-state index contributed by atoms with van der Waals surface area (Å²) in [6, 6.07) is 11.0. The van der Waals surface area contributed by atoms with E-state index in [9.17, 15) is 12.3 Å². The Morgan fingerprint density at radius 1 is 1.19 bits per heavy atom. The largest absolute Gasteiger partial charge is 0.488 e. The number of benzene rings is 2. The average molecular weight is 308 g/mol. The Labute approximate surface area is 119 Å². The highest BCUT2D eigenvalue weighted by molar-refractivity contribution is 7.81. The van der Waals surface area contributed by atoms with Gasteiger partial charge in [0.2, 0.25) is 5.89 Å². The van der Waals surface area contributed by atoms with Gasteiger partial charge in [-0.2, -0.15) is 8.42 Å². The Kier molecular flexibility index (Phi) is 3.02. The molecule has 0 atom stereocenters. The number of fused-ring (bicyclic) bond motifs is 1. The maximum Gasteiger partial charge on any atom is 0.488 e. The van der Waals surface area contributed by atoms with Crippen LogP contribution >= 0.6 is 0 Å². The first kappa shape index (κ1) is 13.4. The minimum Gasteiger partial charge on any atom is -0.436 e. The number of oxazole rings is 1. The first-order chi connectivity index (χ1) is 9.92. The SMILES string of the molecule is Nc1ccc(OS(=O)(=O)F)c(-c2nc3ccccc3o2)c1. The highest BCUT2D eigenvalue weighted by atomic mass is 32.3. The van der Waals surface area contributed by atoms with Gasteiger partial charge in [-0.25, -0.2) is 4.98 Å². The van der Waals surface area contributed by atoms with Gasteiger partial charge in [-0.1, -0.05) is 16.0 Å². The second-order valence-electron chi connectivity index (χ2n) is 4.22. The van der Waals surface area contributed by atoms with Gasteiger partial charge in [0.1, 0.15) is 5.52 Å². The lowest BCUT2D eigenvalue weighted by Gasteiger charge is -2.05. The summed E-state index contributed by atoms with van der Waals surface area (Å²) in [5, 5.41) is 0. The van der Waals surface area contributed by atoms with Crippen molar-refractivity contribution in [2.45, 2.75) is 0 Å². The van der Waals surface area contributed by atoms with E-state index in [1.807, 2.05) is 0 Å². The van der Waals surface area contributed by atoms with Gasteiger partial charge in [0.15, 0.2) is 11.3 Å². The molecule has 0 saturated carbocycles. The number of anilines is 1. The van der Waals surface area contributed by atoms with Gasteiger partial charge in [0, 0.05) is 5.69 Å². The van der Waals surface area contributed by atoms with Crippen LogP contribution in [0.2, 0.25) is 0 Å². The molecule has 0 aliphatic carbocycles. The van der Waals surface area contributed by atoms with E-state index in [-0.39, 0.29) is 17.2 Å². The van der Waals surface area contributed by atoms with Crippen molar-refractivity contribution in [1.82, 2.24) is 4.98 Å². The zero-order valence-electron chi connectivity index (χ0n) is 10.5. The zero-order valence-corrected chi connectivity index (χ0v) is 11.3. The van der Waals surface area contributed by atoms with Crippen LogP contribution in [0.15, 0.2) is 46.9 Å². The molecule has 0 bridgehead atoms. The van der Waals surface area contributed by atoms with Crippen molar-refractivity contribution in [3.8, 4) is 17.2 Å². The predicted octanol–water partition coefficient (Wildman–Crippen LogP) is 2.67. The van der Waals surface area contributed by atoms with Gasteiger partial charge in [0.25, 0.3) is 0 Å². The Hall–Kier alpha value is -2.61. The van der Waals surface area contributed by atoms with E-state index in [2.05, 4.69) is 9.17 Å². The van der Waals surface area contributed by atoms with Crippen molar-refractivity contribution < 1.29 is 20.9 Å². The Morgan fingerprint density at radius 3 is 2.67 bits per heavy atom. The molecule has 2 aromatic carbocycles. The van der Waals surface area contributed by atoms with Gasteiger partial charge < -0.3 is 14.3 Å². The number of nitrogens with zero attached hydrogens (tertiary/aromatic N) is 1. The van der Waals surface area contributed by atoms with Gasteiger partial charge in [-0.3, -0.25) is 0 Å². The molecular formula is C13H9FN2O4S. The van der Waals surface area contributed by atoms with Crippen LogP contribution in [-0.2, 0) is 10.5 Å². The molecule has 21 heavy (non-hydrogen) atoms. The number of para-hydroxylation sites is 2. The zero-order chi connectivity index (χ0) is 15.0. The molecule has 2 N–H and O–H groups in total. The molecule has 0 fully saturated rings. The van der Waals surface area contributed by atoms with Crippen LogP contribution in [0.25, 0.3) is 22.6 Å².